The lowest BCUT2D eigenvalue weighted by atomic mass is 10.1. The van der Waals surface area contributed by atoms with Crippen LogP contribution in [0.3, 0.4) is 0 Å². The Hall–Kier alpha value is -4.08. The van der Waals surface area contributed by atoms with Gasteiger partial charge >= 0.3 is 0 Å². The summed E-state index contributed by atoms with van der Waals surface area (Å²) in [5.41, 5.74) is 3.46. The highest BCUT2D eigenvalue weighted by atomic mass is 32.2. The van der Waals surface area contributed by atoms with Gasteiger partial charge in [-0.1, -0.05) is 23.9 Å². The number of hydrogen-bond acceptors (Lipinski definition) is 6. The van der Waals surface area contributed by atoms with Crippen molar-refractivity contribution in [3.8, 4) is 23.3 Å². The van der Waals surface area contributed by atoms with Crippen molar-refractivity contribution in [2.24, 2.45) is 0 Å². The molecule has 158 valence electrons. The molecule has 0 N–H and O–H groups in total. The van der Waals surface area contributed by atoms with Gasteiger partial charge in [-0.05, 0) is 18.2 Å². The maximum atomic E-state index is 11.9. The van der Waals surface area contributed by atoms with Crippen LogP contribution in [0.1, 0.15) is 17.5 Å². The Labute approximate surface area is 189 Å². The lowest BCUT2D eigenvalue weighted by molar-refractivity contribution is -0.128. The summed E-state index contributed by atoms with van der Waals surface area (Å²) in [7, 11) is 3.46. The molecule has 0 aliphatic rings. The Morgan fingerprint density at radius 2 is 1.81 bits per heavy atom. The number of nitrogens with zero attached hydrogens (tertiary/aromatic N) is 7. The van der Waals surface area contributed by atoms with Crippen LogP contribution in [0.5, 0.6) is 0 Å². The van der Waals surface area contributed by atoms with Gasteiger partial charge in [-0.3, -0.25) is 9.48 Å². The summed E-state index contributed by atoms with van der Waals surface area (Å²) in [6.45, 7) is 0.483. The zero-order chi connectivity index (χ0) is 22.7. The highest BCUT2D eigenvalue weighted by Gasteiger charge is 2.15. The van der Waals surface area contributed by atoms with Crippen LogP contribution in [0.4, 0.5) is 0 Å². The molecule has 0 saturated carbocycles. The van der Waals surface area contributed by atoms with E-state index in [0.717, 1.165) is 20.9 Å². The summed E-state index contributed by atoms with van der Waals surface area (Å²) in [6, 6.07) is 13.7. The molecule has 0 fully saturated rings. The average Bonchev–Trinajstić information content (AvgIpc) is 3.44. The summed E-state index contributed by atoms with van der Waals surface area (Å²) >= 11 is 1.42. The van der Waals surface area contributed by atoms with E-state index in [1.165, 1.54) is 18.0 Å². The minimum absolute atomic E-state index is 0.0406. The van der Waals surface area contributed by atoms with Gasteiger partial charge in [-0.15, -0.1) is 0 Å². The smallest absolute Gasteiger partial charge is 0.223 e. The van der Waals surface area contributed by atoms with Crippen LogP contribution in [0.25, 0.3) is 16.6 Å². The van der Waals surface area contributed by atoms with E-state index in [1.807, 2.05) is 36.7 Å². The molecular weight excluding hydrogens is 422 g/mol. The largest absolute Gasteiger partial charge is 0.349 e. The molecule has 0 unspecified atom stereocenters. The maximum absolute atomic E-state index is 11.9. The minimum Gasteiger partial charge on any atom is -0.349 e. The number of aromatic nitrogens is 4. The molecule has 3 heterocycles. The number of rotatable bonds is 6. The molecule has 3 aromatic heterocycles. The molecule has 0 saturated heterocycles. The quantitative estimate of drug-likeness (QED) is 0.453. The Morgan fingerprint density at radius 3 is 2.56 bits per heavy atom. The van der Waals surface area contributed by atoms with Crippen molar-refractivity contribution in [1.82, 2.24) is 24.3 Å². The zero-order valence-corrected chi connectivity index (χ0v) is 18.4. The Bertz CT molecular complexity index is 1390. The molecule has 4 rings (SSSR count). The van der Waals surface area contributed by atoms with Crippen LogP contribution in [0, 0.1) is 22.7 Å². The van der Waals surface area contributed by atoms with E-state index >= 15 is 0 Å². The van der Waals surface area contributed by atoms with Crippen LogP contribution in [0.15, 0.2) is 64.9 Å². The van der Waals surface area contributed by atoms with Gasteiger partial charge < -0.3 is 4.90 Å². The molecule has 32 heavy (non-hydrogen) atoms. The van der Waals surface area contributed by atoms with Crippen molar-refractivity contribution in [1.29, 1.82) is 10.5 Å². The van der Waals surface area contributed by atoms with Crippen LogP contribution >= 0.6 is 11.8 Å². The first kappa shape index (κ1) is 21.2. The number of amides is 1. The lowest BCUT2D eigenvalue weighted by Crippen LogP contribution is -2.22. The molecule has 0 bridgehead atoms. The van der Waals surface area contributed by atoms with Gasteiger partial charge in [-0.25, -0.2) is 4.52 Å². The van der Waals surface area contributed by atoms with Gasteiger partial charge in [0.25, 0.3) is 0 Å². The fourth-order valence-electron chi connectivity index (χ4n) is 3.24. The average molecular weight is 442 g/mol. The molecule has 0 spiro atoms. The molecule has 9 heteroatoms. The molecular formula is C23H19N7OS. The van der Waals surface area contributed by atoms with E-state index in [4.69, 9.17) is 0 Å². The van der Waals surface area contributed by atoms with E-state index in [-0.39, 0.29) is 5.91 Å². The number of benzene rings is 1. The summed E-state index contributed by atoms with van der Waals surface area (Å²) in [4.78, 5) is 15.0. The predicted octanol–water partition coefficient (Wildman–Crippen LogP) is 3.57. The van der Waals surface area contributed by atoms with Crippen molar-refractivity contribution in [2.75, 3.05) is 14.1 Å². The molecule has 1 aromatic carbocycles. The molecule has 0 aliphatic carbocycles. The second-order valence-corrected chi connectivity index (χ2v) is 8.38. The van der Waals surface area contributed by atoms with Gasteiger partial charge in [-0.2, -0.15) is 20.7 Å². The number of nitriles is 2. The van der Waals surface area contributed by atoms with Gasteiger partial charge in [0.15, 0.2) is 0 Å². The van der Waals surface area contributed by atoms with E-state index in [0.29, 0.717) is 29.6 Å². The normalized spacial score (nSPS) is 10.6. The van der Waals surface area contributed by atoms with Crippen molar-refractivity contribution < 1.29 is 4.79 Å². The molecule has 4 aromatic rings. The maximum Gasteiger partial charge on any atom is 0.223 e. The third-order valence-electron chi connectivity index (χ3n) is 4.94. The molecule has 0 atom stereocenters. The highest BCUT2D eigenvalue weighted by molar-refractivity contribution is 7.99. The van der Waals surface area contributed by atoms with Crippen LogP contribution in [0.2, 0.25) is 0 Å². The topological polar surface area (TPSA) is 103 Å². The standard InChI is InChI=1S/C23H19N7OS/c1-28(2)22(31)7-8-29-14-19(13-26-29)17-9-21(23-18(11-25)12-27-30(23)15-17)32-20-6-4-3-5-16(20)10-24/h3-6,9,12-15H,7-8H2,1-2H3. The van der Waals surface area contributed by atoms with E-state index in [9.17, 15) is 15.3 Å². The Kier molecular flexibility index (Phi) is 5.93. The number of fused-ring (bicyclic) bond motifs is 1. The van der Waals surface area contributed by atoms with Gasteiger partial charge in [0.05, 0.1) is 29.0 Å². The van der Waals surface area contributed by atoms with Crippen molar-refractivity contribution in [3.63, 3.8) is 0 Å². The van der Waals surface area contributed by atoms with Gasteiger partial charge in [0.1, 0.15) is 12.1 Å². The predicted molar refractivity (Wildman–Crippen MR) is 120 cm³/mol. The minimum atomic E-state index is 0.0406. The zero-order valence-electron chi connectivity index (χ0n) is 17.6. The number of hydrogen-bond donors (Lipinski definition) is 0. The first-order valence-corrected chi connectivity index (χ1v) is 10.6. The third kappa shape index (κ3) is 4.20. The van der Waals surface area contributed by atoms with E-state index < -0.39 is 0 Å². The second-order valence-electron chi connectivity index (χ2n) is 7.30. The van der Waals surface area contributed by atoms with Crippen molar-refractivity contribution >= 4 is 23.2 Å². The highest BCUT2D eigenvalue weighted by Crippen LogP contribution is 2.36. The summed E-state index contributed by atoms with van der Waals surface area (Å²) in [5, 5.41) is 27.7. The Balaban J connectivity index is 1.72. The second kappa shape index (κ2) is 8.96. The number of carbonyl (C=O) groups excluding carboxylic acids is 1. The molecule has 1 amide bonds. The first-order chi connectivity index (χ1) is 15.5. The van der Waals surface area contributed by atoms with Crippen molar-refractivity contribution in [3.05, 3.63) is 66.2 Å². The number of carbonyl (C=O) groups is 1. The third-order valence-corrected chi connectivity index (χ3v) is 6.05. The molecule has 0 radical (unpaired) electrons. The van der Waals surface area contributed by atoms with Crippen LogP contribution < -0.4 is 0 Å². The van der Waals surface area contributed by atoms with E-state index in [1.54, 1.807) is 40.5 Å². The van der Waals surface area contributed by atoms with Crippen LogP contribution in [-0.4, -0.2) is 44.3 Å². The SMILES string of the molecule is CN(C)C(=O)CCn1cc(-c2cc(Sc3ccccc3C#N)c3c(C#N)cnn3c2)cn1. The fourth-order valence-corrected chi connectivity index (χ4v) is 4.33. The van der Waals surface area contributed by atoms with Gasteiger partial charge in [0.2, 0.25) is 5.91 Å². The van der Waals surface area contributed by atoms with Gasteiger partial charge in [0, 0.05) is 60.4 Å². The fraction of sp³-hybridized carbons (Fsp3) is 0.174. The summed E-state index contributed by atoms with van der Waals surface area (Å²) in [6.07, 6.45) is 7.38. The summed E-state index contributed by atoms with van der Waals surface area (Å²) < 4.78 is 3.42. The number of pyridine rings is 1. The summed E-state index contributed by atoms with van der Waals surface area (Å²) in [5.74, 6) is 0.0406. The monoisotopic (exact) mass is 441 g/mol. The van der Waals surface area contributed by atoms with Crippen molar-refractivity contribution in [2.45, 2.75) is 22.8 Å². The number of aryl methyl sites for hydroxylation is 1. The lowest BCUT2D eigenvalue weighted by Gasteiger charge is -2.10. The molecule has 8 nitrogen and oxygen atoms in total. The first-order valence-electron chi connectivity index (χ1n) is 9.81. The Morgan fingerprint density at radius 1 is 1.03 bits per heavy atom. The molecule has 0 aliphatic heterocycles. The van der Waals surface area contributed by atoms with E-state index in [2.05, 4.69) is 22.3 Å². The van der Waals surface area contributed by atoms with Crippen LogP contribution in [-0.2, 0) is 11.3 Å².